The minimum Gasteiger partial charge on any atom is -0.361 e. The molecule has 1 aromatic heterocycles. The fraction of sp³-hybridized carbons (Fsp3) is 0.0435. The molecule has 0 fully saturated rings. The van der Waals surface area contributed by atoms with Crippen molar-refractivity contribution in [2.45, 2.75) is 6.42 Å². The minimum atomic E-state index is -0.231. The molecule has 0 saturated carbocycles. The molecule has 0 saturated heterocycles. The first-order valence-electron chi connectivity index (χ1n) is 9.29. The Balaban J connectivity index is 1.45. The Hall–Kier alpha value is -3.28. The Morgan fingerprint density at radius 3 is 2.53 bits per heavy atom. The van der Waals surface area contributed by atoms with Crippen LogP contribution >= 0.6 is 23.2 Å². The van der Waals surface area contributed by atoms with Gasteiger partial charge in [0.1, 0.15) is 0 Å². The van der Waals surface area contributed by atoms with Crippen molar-refractivity contribution in [2.75, 3.05) is 5.32 Å². The molecular weight excluding hydrogens is 419 g/mol. The monoisotopic (exact) mass is 436 g/mol. The maximum atomic E-state index is 12.4. The normalized spacial score (nSPS) is 11.1. The molecule has 0 atom stereocenters. The second kappa shape index (κ2) is 9.03. The average Bonchev–Trinajstić information content (AvgIpc) is 3.15. The summed E-state index contributed by atoms with van der Waals surface area (Å²) in [6, 6.07) is 20.7. The number of hydrazone groups is 1. The van der Waals surface area contributed by atoms with Gasteiger partial charge in [0, 0.05) is 28.4 Å². The number of amides is 1. The predicted octanol–water partition coefficient (Wildman–Crippen LogP) is 5.91. The van der Waals surface area contributed by atoms with E-state index in [4.69, 9.17) is 23.2 Å². The quantitative estimate of drug-likeness (QED) is 0.259. The summed E-state index contributed by atoms with van der Waals surface area (Å²) in [5, 5.41) is 9.37. The van der Waals surface area contributed by atoms with Gasteiger partial charge < -0.3 is 10.3 Å². The number of aromatic nitrogens is 1. The van der Waals surface area contributed by atoms with Crippen LogP contribution in [0.25, 0.3) is 10.9 Å². The number of carbonyl (C=O) groups excluding carboxylic acids is 1. The molecule has 1 heterocycles. The molecule has 0 aliphatic carbocycles. The van der Waals surface area contributed by atoms with Crippen molar-refractivity contribution in [3.63, 3.8) is 0 Å². The Morgan fingerprint density at radius 1 is 0.967 bits per heavy atom. The Morgan fingerprint density at radius 2 is 1.70 bits per heavy atom. The first kappa shape index (κ1) is 20.0. The van der Waals surface area contributed by atoms with E-state index in [0.717, 1.165) is 27.7 Å². The van der Waals surface area contributed by atoms with Crippen molar-refractivity contribution in [1.29, 1.82) is 0 Å². The number of anilines is 2. The highest BCUT2D eigenvalue weighted by atomic mass is 35.5. The average molecular weight is 437 g/mol. The van der Waals surface area contributed by atoms with Crippen molar-refractivity contribution in [1.82, 2.24) is 10.4 Å². The Kier molecular flexibility index (Phi) is 6.02. The molecule has 0 unspecified atom stereocenters. The lowest BCUT2D eigenvalue weighted by molar-refractivity contribution is -0.120. The van der Waals surface area contributed by atoms with Gasteiger partial charge in [-0.15, -0.1) is 0 Å². The number of carbonyl (C=O) groups is 1. The predicted molar refractivity (Wildman–Crippen MR) is 124 cm³/mol. The lowest BCUT2D eigenvalue weighted by atomic mass is 10.1. The Bertz CT molecular complexity index is 1210. The van der Waals surface area contributed by atoms with Gasteiger partial charge in [-0.1, -0.05) is 65.7 Å². The van der Waals surface area contributed by atoms with E-state index >= 15 is 0 Å². The van der Waals surface area contributed by atoms with Gasteiger partial charge in [-0.2, -0.15) is 5.10 Å². The summed E-state index contributed by atoms with van der Waals surface area (Å²) < 4.78 is 0. The number of nitrogens with zero attached hydrogens (tertiary/aromatic N) is 1. The van der Waals surface area contributed by atoms with Gasteiger partial charge in [-0.3, -0.25) is 4.79 Å². The highest BCUT2D eigenvalue weighted by Crippen LogP contribution is 2.33. The van der Waals surface area contributed by atoms with Gasteiger partial charge in [0.25, 0.3) is 0 Å². The van der Waals surface area contributed by atoms with Crippen molar-refractivity contribution >= 4 is 57.6 Å². The first-order valence-corrected chi connectivity index (χ1v) is 10.0. The smallest absolute Gasteiger partial charge is 0.244 e. The van der Waals surface area contributed by atoms with E-state index in [2.05, 4.69) is 20.8 Å². The van der Waals surface area contributed by atoms with Gasteiger partial charge in [0.05, 0.1) is 28.4 Å². The zero-order chi connectivity index (χ0) is 20.9. The topological polar surface area (TPSA) is 69.3 Å². The molecule has 3 aromatic carbocycles. The molecule has 150 valence electrons. The number of nitrogens with one attached hydrogen (secondary N) is 3. The van der Waals surface area contributed by atoms with Crippen LogP contribution in [0.1, 0.15) is 11.1 Å². The number of hydrogen-bond donors (Lipinski definition) is 3. The summed E-state index contributed by atoms with van der Waals surface area (Å²) in [7, 11) is 0. The molecule has 0 aliphatic rings. The van der Waals surface area contributed by atoms with Gasteiger partial charge in [-0.05, 0) is 29.8 Å². The van der Waals surface area contributed by atoms with E-state index in [-0.39, 0.29) is 12.3 Å². The van der Waals surface area contributed by atoms with E-state index in [9.17, 15) is 4.79 Å². The summed E-state index contributed by atoms with van der Waals surface area (Å²) >= 11 is 12.5. The maximum absolute atomic E-state index is 12.4. The summed E-state index contributed by atoms with van der Waals surface area (Å²) in [6.45, 7) is 0. The highest BCUT2D eigenvalue weighted by Gasteiger charge is 2.11. The zero-order valence-corrected chi connectivity index (χ0v) is 17.3. The van der Waals surface area contributed by atoms with Gasteiger partial charge in [0.15, 0.2) is 0 Å². The molecule has 30 heavy (non-hydrogen) atoms. The molecule has 4 rings (SSSR count). The molecule has 1 amide bonds. The van der Waals surface area contributed by atoms with Crippen LogP contribution in [-0.4, -0.2) is 17.1 Å². The standard InChI is InChI=1S/C23H18Cl2N4O/c24-18-8-5-9-19(25)23(18)28-20-10-3-1-6-15(20)12-22(30)29-27-14-16-13-26-21-11-4-2-7-17(16)21/h1-11,13-14,26,28H,12H2,(H,29,30). The zero-order valence-electron chi connectivity index (χ0n) is 15.8. The number of rotatable bonds is 6. The van der Waals surface area contributed by atoms with Crippen LogP contribution in [-0.2, 0) is 11.2 Å². The summed E-state index contributed by atoms with van der Waals surface area (Å²) in [4.78, 5) is 15.6. The second-order valence-corrected chi connectivity index (χ2v) is 7.45. The second-order valence-electron chi connectivity index (χ2n) is 6.64. The van der Waals surface area contributed by atoms with Gasteiger partial charge in [-0.25, -0.2) is 5.43 Å². The number of halogens is 2. The number of hydrogen-bond acceptors (Lipinski definition) is 3. The highest BCUT2D eigenvalue weighted by molar-refractivity contribution is 6.39. The molecule has 0 radical (unpaired) electrons. The van der Waals surface area contributed by atoms with Crippen LogP contribution in [0.4, 0.5) is 11.4 Å². The number of para-hydroxylation sites is 3. The SMILES string of the molecule is O=C(Cc1ccccc1Nc1c(Cl)cccc1Cl)NN=Cc1c[nH]c2ccccc12. The van der Waals surface area contributed by atoms with Crippen molar-refractivity contribution in [3.05, 3.63) is 94.1 Å². The third kappa shape index (κ3) is 4.48. The molecule has 5 nitrogen and oxygen atoms in total. The molecule has 0 spiro atoms. The lowest BCUT2D eigenvalue weighted by Gasteiger charge is -2.14. The van der Waals surface area contributed by atoms with E-state index in [0.29, 0.717) is 15.7 Å². The lowest BCUT2D eigenvalue weighted by Crippen LogP contribution is -2.20. The molecule has 0 aliphatic heterocycles. The minimum absolute atomic E-state index is 0.149. The third-order valence-corrected chi connectivity index (χ3v) is 5.23. The van der Waals surface area contributed by atoms with E-state index in [1.165, 1.54) is 0 Å². The van der Waals surface area contributed by atoms with Crippen molar-refractivity contribution in [2.24, 2.45) is 5.10 Å². The van der Waals surface area contributed by atoms with Gasteiger partial charge in [0.2, 0.25) is 5.91 Å². The van der Waals surface area contributed by atoms with Crippen LogP contribution in [0.5, 0.6) is 0 Å². The van der Waals surface area contributed by atoms with E-state index < -0.39 is 0 Å². The molecule has 3 N–H and O–H groups in total. The summed E-state index contributed by atoms with van der Waals surface area (Å²) in [5.41, 5.74) is 6.66. The van der Waals surface area contributed by atoms with Crippen molar-refractivity contribution < 1.29 is 4.79 Å². The van der Waals surface area contributed by atoms with Crippen LogP contribution < -0.4 is 10.7 Å². The molecule has 7 heteroatoms. The summed E-state index contributed by atoms with van der Waals surface area (Å²) in [5.74, 6) is -0.231. The molecule has 4 aromatic rings. The van der Waals surface area contributed by atoms with E-state index in [1.54, 1.807) is 24.4 Å². The van der Waals surface area contributed by atoms with Crippen LogP contribution in [0, 0.1) is 0 Å². The molecule has 0 bridgehead atoms. The van der Waals surface area contributed by atoms with Crippen molar-refractivity contribution in [3.8, 4) is 0 Å². The van der Waals surface area contributed by atoms with Crippen LogP contribution in [0.15, 0.2) is 78.0 Å². The van der Waals surface area contributed by atoms with Crippen LogP contribution in [0.2, 0.25) is 10.0 Å². The van der Waals surface area contributed by atoms with Gasteiger partial charge >= 0.3 is 0 Å². The fourth-order valence-corrected chi connectivity index (χ4v) is 3.63. The number of aromatic amines is 1. The molecular formula is C23H18Cl2N4O. The largest absolute Gasteiger partial charge is 0.361 e. The Labute approximate surface area is 183 Å². The summed E-state index contributed by atoms with van der Waals surface area (Å²) in [6.07, 6.45) is 3.63. The fourth-order valence-electron chi connectivity index (χ4n) is 3.14. The third-order valence-electron chi connectivity index (χ3n) is 4.60. The van der Waals surface area contributed by atoms with E-state index in [1.807, 2.05) is 54.7 Å². The maximum Gasteiger partial charge on any atom is 0.244 e. The van der Waals surface area contributed by atoms with Crippen LogP contribution in [0.3, 0.4) is 0 Å². The number of benzene rings is 3. The first-order chi connectivity index (χ1) is 14.6. The number of H-pyrrole nitrogens is 1. The number of fused-ring (bicyclic) bond motifs is 1.